The fraction of sp³-hybridized carbons (Fsp3) is 0.375. The first-order chi connectivity index (χ1) is 19.1. The zero-order chi connectivity index (χ0) is 28.7. The smallest absolute Gasteiger partial charge is 0.244 e. The maximum atomic E-state index is 14.2. The molecule has 1 saturated carbocycles. The lowest BCUT2D eigenvalue weighted by Gasteiger charge is -2.34. The van der Waals surface area contributed by atoms with Crippen molar-refractivity contribution in [2.75, 3.05) is 17.1 Å². The van der Waals surface area contributed by atoms with Gasteiger partial charge in [0, 0.05) is 19.0 Å². The first-order valence-corrected chi connectivity index (χ1v) is 15.7. The molecule has 1 unspecified atom stereocenters. The molecule has 1 atom stereocenters. The van der Waals surface area contributed by atoms with E-state index in [1.807, 2.05) is 86.6 Å². The van der Waals surface area contributed by atoms with E-state index in [4.69, 9.17) is 0 Å². The van der Waals surface area contributed by atoms with Gasteiger partial charge >= 0.3 is 0 Å². The average molecular weight is 562 g/mol. The highest BCUT2D eigenvalue weighted by Crippen LogP contribution is 2.25. The summed E-state index contributed by atoms with van der Waals surface area (Å²) in [5.41, 5.74) is 4.00. The Kier molecular flexibility index (Phi) is 9.63. The van der Waals surface area contributed by atoms with E-state index in [9.17, 15) is 18.0 Å². The van der Waals surface area contributed by atoms with Crippen LogP contribution >= 0.6 is 0 Å². The zero-order valence-electron chi connectivity index (χ0n) is 23.5. The van der Waals surface area contributed by atoms with Crippen LogP contribution in [0.4, 0.5) is 5.69 Å². The number of amides is 2. The number of carbonyl (C=O) groups is 2. The van der Waals surface area contributed by atoms with Gasteiger partial charge < -0.3 is 10.2 Å². The van der Waals surface area contributed by atoms with Gasteiger partial charge in [0.1, 0.15) is 12.6 Å². The van der Waals surface area contributed by atoms with Crippen LogP contribution in [-0.2, 0) is 32.6 Å². The van der Waals surface area contributed by atoms with Gasteiger partial charge in [0.05, 0.1) is 11.9 Å². The minimum atomic E-state index is -3.79. The fourth-order valence-electron chi connectivity index (χ4n) is 5.38. The van der Waals surface area contributed by atoms with Crippen LogP contribution in [0.2, 0.25) is 0 Å². The summed E-state index contributed by atoms with van der Waals surface area (Å²) in [5, 5.41) is 3.19. The summed E-state index contributed by atoms with van der Waals surface area (Å²) in [5.74, 6) is -0.644. The minimum Gasteiger partial charge on any atom is -0.352 e. The maximum Gasteiger partial charge on any atom is 0.244 e. The number of nitrogens with zero attached hydrogens (tertiary/aromatic N) is 2. The Labute approximate surface area is 238 Å². The molecule has 3 aromatic carbocycles. The number of hydrogen-bond donors (Lipinski definition) is 1. The third-order valence-corrected chi connectivity index (χ3v) is 8.60. The Morgan fingerprint density at radius 3 is 2.08 bits per heavy atom. The molecule has 8 heteroatoms. The van der Waals surface area contributed by atoms with Crippen LogP contribution in [-0.4, -0.2) is 50.0 Å². The van der Waals surface area contributed by atoms with E-state index >= 15 is 0 Å². The summed E-state index contributed by atoms with van der Waals surface area (Å²) in [7, 11) is -3.79. The molecular weight excluding hydrogens is 522 g/mol. The summed E-state index contributed by atoms with van der Waals surface area (Å²) < 4.78 is 27.1. The second-order valence-corrected chi connectivity index (χ2v) is 12.7. The first kappa shape index (κ1) is 29.3. The number of hydrogen-bond acceptors (Lipinski definition) is 4. The van der Waals surface area contributed by atoms with E-state index in [0.717, 1.165) is 58.5 Å². The average Bonchev–Trinajstić information content (AvgIpc) is 3.43. The number of nitrogens with one attached hydrogen (secondary N) is 1. The van der Waals surface area contributed by atoms with Crippen molar-refractivity contribution in [3.8, 4) is 0 Å². The molecule has 1 aliphatic carbocycles. The van der Waals surface area contributed by atoms with Crippen molar-refractivity contribution in [2.45, 2.75) is 64.6 Å². The third kappa shape index (κ3) is 7.72. The number of sulfonamides is 1. The molecule has 0 spiro atoms. The Balaban J connectivity index is 1.72. The number of aryl methyl sites for hydroxylation is 2. The van der Waals surface area contributed by atoms with Gasteiger partial charge in [-0.1, -0.05) is 91.2 Å². The van der Waals surface area contributed by atoms with E-state index in [1.165, 1.54) is 0 Å². The van der Waals surface area contributed by atoms with Crippen molar-refractivity contribution >= 4 is 27.5 Å². The Bertz CT molecular complexity index is 1400. The van der Waals surface area contributed by atoms with Gasteiger partial charge in [0.25, 0.3) is 0 Å². The van der Waals surface area contributed by atoms with E-state index in [2.05, 4.69) is 5.32 Å². The summed E-state index contributed by atoms with van der Waals surface area (Å²) in [6.45, 7) is 3.54. The molecule has 3 aromatic rings. The maximum absolute atomic E-state index is 14.2. The van der Waals surface area contributed by atoms with Gasteiger partial charge in [0.15, 0.2) is 0 Å². The molecule has 2 amide bonds. The normalized spacial score (nSPS) is 14.5. The van der Waals surface area contributed by atoms with Crippen LogP contribution < -0.4 is 9.62 Å². The minimum absolute atomic E-state index is 0.0853. The lowest BCUT2D eigenvalue weighted by atomic mass is 10.0. The molecule has 7 nitrogen and oxygen atoms in total. The molecule has 40 heavy (non-hydrogen) atoms. The monoisotopic (exact) mass is 561 g/mol. The van der Waals surface area contributed by atoms with Crippen LogP contribution in [0.15, 0.2) is 78.9 Å². The molecule has 4 rings (SSSR count). The summed E-state index contributed by atoms with van der Waals surface area (Å²) in [6.07, 6.45) is 5.41. The Hall–Kier alpha value is -3.65. The highest BCUT2D eigenvalue weighted by molar-refractivity contribution is 7.92. The fourth-order valence-corrected chi connectivity index (χ4v) is 6.29. The van der Waals surface area contributed by atoms with Crippen molar-refractivity contribution < 1.29 is 18.0 Å². The third-order valence-electron chi connectivity index (χ3n) is 7.47. The van der Waals surface area contributed by atoms with E-state index in [1.54, 1.807) is 11.0 Å². The van der Waals surface area contributed by atoms with Crippen LogP contribution in [0.5, 0.6) is 0 Å². The highest BCUT2D eigenvalue weighted by atomic mass is 32.2. The molecule has 1 fully saturated rings. The molecule has 212 valence electrons. The van der Waals surface area contributed by atoms with Gasteiger partial charge in [-0.3, -0.25) is 13.9 Å². The second kappa shape index (κ2) is 13.1. The lowest BCUT2D eigenvalue weighted by Crippen LogP contribution is -2.54. The number of anilines is 1. The molecule has 0 bridgehead atoms. The Morgan fingerprint density at radius 2 is 1.50 bits per heavy atom. The van der Waals surface area contributed by atoms with Crippen molar-refractivity contribution in [2.24, 2.45) is 0 Å². The van der Waals surface area contributed by atoms with Gasteiger partial charge in [0.2, 0.25) is 21.8 Å². The molecule has 1 aliphatic rings. The summed E-state index contributed by atoms with van der Waals surface area (Å²) >= 11 is 0. The van der Waals surface area contributed by atoms with Crippen LogP contribution in [0.25, 0.3) is 0 Å². The molecular formula is C32H39N3O4S. The first-order valence-electron chi connectivity index (χ1n) is 13.8. The van der Waals surface area contributed by atoms with E-state index in [0.29, 0.717) is 12.1 Å². The van der Waals surface area contributed by atoms with Crippen LogP contribution in [0, 0.1) is 13.8 Å². The standard InChI is InChI=1S/C32H39N3O4S/c1-24-18-19-29(25(2)20-24)35(40(3,38)39)23-31(36)34(22-27-14-8-5-9-15-27)30(21-26-12-6-4-7-13-26)32(37)33-28-16-10-11-17-28/h4-9,12-15,18-20,28,30H,10-11,16-17,21-23H2,1-3H3,(H,33,37). The predicted molar refractivity (Wildman–Crippen MR) is 159 cm³/mol. The van der Waals surface area contributed by atoms with Crippen molar-refractivity contribution in [3.63, 3.8) is 0 Å². The van der Waals surface area contributed by atoms with Crippen molar-refractivity contribution in [3.05, 3.63) is 101 Å². The second-order valence-electron chi connectivity index (χ2n) is 10.8. The van der Waals surface area contributed by atoms with E-state index in [-0.39, 0.29) is 18.5 Å². The van der Waals surface area contributed by atoms with Gasteiger partial charge in [-0.2, -0.15) is 0 Å². The number of carbonyl (C=O) groups excluding carboxylic acids is 2. The van der Waals surface area contributed by atoms with Crippen LogP contribution in [0.3, 0.4) is 0 Å². The SMILES string of the molecule is Cc1ccc(N(CC(=O)N(Cc2ccccc2)C(Cc2ccccc2)C(=O)NC2CCCC2)S(C)(=O)=O)c(C)c1. The van der Waals surface area contributed by atoms with Gasteiger partial charge in [-0.25, -0.2) is 8.42 Å². The van der Waals surface area contributed by atoms with Crippen molar-refractivity contribution in [1.82, 2.24) is 10.2 Å². The van der Waals surface area contributed by atoms with E-state index < -0.39 is 28.5 Å². The molecule has 0 radical (unpaired) electrons. The Morgan fingerprint density at radius 1 is 0.900 bits per heavy atom. The highest BCUT2D eigenvalue weighted by Gasteiger charge is 2.34. The van der Waals surface area contributed by atoms with Gasteiger partial charge in [-0.05, 0) is 49.4 Å². The predicted octanol–water partition coefficient (Wildman–Crippen LogP) is 4.77. The molecule has 0 saturated heterocycles. The summed E-state index contributed by atoms with van der Waals surface area (Å²) in [4.78, 5) is 29.6. The van der Waals surface area contributed by atoms with Gasteiger partial charge in [-0.15, -0.1) is 0 Å². The quantitative estimate of drug-likeness (QED) is 0.366. The lowest BCUT2D eigenvalue weighted by molar-refractivity contribution is -0.140. The van der Waals surface area contributed by atoms with Crippen LogP contribution in [0.1, 0.15) is 47.9 Å². The topological polar surface area (TPSA) is 86.8 Å². The molecule has 0 heterocycles. The summed E-state index contributed by atoms with van der Waals surface area (Å²) in [6, 6.07) is 23.9. The number of benzene rings is 3. The van der Waals surface area contributed by atoms with Crippen molar-refractivity contribution in [1.29, 1.82) is 0 Å². The largest absolute Gasteiger partial charge is 0.352 e. The molecule has 0 aliphatic heterocycles. The molecule has 1 N–H and O–H groups in total. The zero-order valence-corrected chi connectivity index (χ0v) is 24.4. The molecule has 0 aromatic heterocycles. The number of rotatable bonds is 11.